The number of carbonyl (C=O) groups is 2. The first-order valence-electron chi connectivity index (χ1n) is 8.30. The van der Waals surface area contributed by atoms with Gasteiger partial charge in [-0.2, -0.15) is 0 Å². The summed E-state index contributed by atoms with van der Waals surface area (Å²) >= 11 is 0. The Bertz CT molecular complexity index is 973. The molecule has 6 heteroatoms. The average Bonchev–Trinajstić information content (AvgIpc) is 2.57. The van der Waals surface area contributed by atoms with Crippen LogP contribution in [-0.4, -0.2) is 39.6 Å². The van der Waals surface area contributed by atoms with Crippen LogP contribution in [-0.2, 0) is 6.42 Å². The number of hydrogen-bond acceptors (Lipinski definition) is 6. The molecular weight excluding hydrogens is 336 g/mol. The smallest absolute Gasteiger partial charge is 0.198 e. The van der Waals surface area contributed by atoms with Crippen molar-refractivity contribution in [3.05, 3.63) is 57.6 Å². The lowest BCUT2D eigenvalue weighted by Gasteiger charge is -2.35. The Morgan fingerprint density at radius 1 is 1.08 bits per heavy atom. The summed E-state index contributed by atoms with van der Waals surface area (Å²) in [5, 5.41) is 31.1. The Morgan fingerprint density at radius 2 is 1.81 bits per heavy atom. The van der Waals surface area contributed by atoms with Gasteiger partial charge in [-0.05, 0) is 36.2 Å². The zero-order valence-corrected chi connectivity index (χ0v) is 14.4. The summed E-state index contributed by atoms with van der Waals surface area (Å²) in [5.41, 5.74) is 0.0881. The predicted octanol–water partition coefficient (Wildman–Crippen LogP) is 1.91. The number of ether oxygens (including phenoxy) is 1. The van der Waals surface area contributed by atoms with E-state index in [4.69, 9.17) is 4.74 Å². The maximum Gasteiger partial charge on any atom is 0.198 e. The number of aliphatic hydroxyl groups is 2. The van der Waals surface area contributed by atoms with Crippen LogP contribution in [0.5, 0.6) is 11.5 Å². The van der Waals surface area contributed by atoms with Crippen molar-refractivity contribution in [1.82, 2.24) is 0 Å². The molecule has 0 spiro atoms. The van der Waals surface area contributed by atoms with E-state index in [2.05, 4.69) is 0 Å². The van der Waals surface area contributed by atoms with Crippen LogP contribution in [0, 0.1) is 0 Å². The Morgan fingerprint density at radius 3 is 2.50 bits per heavy atom. The number of fused-ring (bicyclic) bond motifs is 4. The molecule has 0 bridgehead atoms. The average molecular weight is 354 g/mol. The highest BCUT2D eigenvalue weighted by Crippen LogP contribution is 2.44. The molecule has 0 saturated carbocycles. The minimum atomic E-state index is -1.09. The van der Waals surface area contributed by atoms with Gasteiger partial charge in [0.05, 0.1) is 29.9 Å². The second-order valence-corrected chi connectivity index (χ2v) is 7.15. The predicted molar refractivity (Wildman–Crippen MR) is 91.9 cm³/mol. The van der Waals surface area contributed by atoms with Gasteiger partial charge in [0, 0.05) is 24.0 Å². The minimum absolute atomic E-state index is 0.0299. The molecule has 3 N–H and O–H groups in total. The summed E-state index contributed by atoms with van der Waals surface area (Å²) in [6.07, 6.45) is -0.741. The van der Waals surface area contributed by atoms with Gasteiger partial charge in [-0.25, -0.2) is 0 Å². The van der Waals surface area contributed by atoms with Crippen LogP contribution in [0.25, 0.3) is 0 Å². The fraction of sp³-hybridized carbons (Fsp3) is 0.300. The van der Waals surface area contributed by atoms with E-state index < -0.39 is 23.3 Å². The van der Waals surface area contributed by atoms with Crippen molar-refractivity contribution >= 4 is 11.6 Å². The topological polar surface area (TPSA) is 104 Å². The van der Waals surface area contributed by atoms with Crippen LogP contribution in [0.2, 0.25) is 0 Å². The Labute approximate surface area is 149 Å². The molecule has 0 unspecified atom stereocenters. The zero-order valence-electron chi connectivity index (χ0n) is 14.4. The summed E-state index contributed by atoms with van der Waals surface area (Å²) < 4.78 is 5.20. The zero-order chi connectivity index (χ0) is 18.8. The highest BCUT2D eigenvalue weighted by atomic mass is 16.5. The number of phenolic OH excluding ortho intramolecular Hbond substituents is 1. The SMILES string of the molecule is COc1ccc(O)c2c1C(=O)c1ccc3c(c1C2=O)[C@H](O)C[C@@](C)(O)C3. The quantitative estimate of drug-likeness (QED) is 0.617. The van der Waals surface area contributed by atoms with Crippen molar-refractivity contribution < 1.29 is 29.6 Å². The van der Waals surface area contributed by atoms with Gasteiger partial charge in [0.25, 0.3) is 0 Å². The molecule has 0 fully saturated rings. The summed E-state index contributed by atoms with van der Waals surface area (Å²) in [4.78, 5) is 26.2. The molecule has 0 heterocycles. The molecule has 0 radical (unpaired) electrons. The van der Waals surface area contributed by atoms with Crippen LogP contribution in [0.15, 0.2) is 24.3 Å². The van der Waals surface area contributed by atoms with E-state index in [0.717, 1.165) is 0 Å². The van der Waals surface area contributed by atoms with Crippen molar-refractivity contribution in [2.75, 3.05) is 7.11 Å². The number of ketones is 2. The van der Waals surface area contributed by atoms with E-state index in [9.17, 15) is 24.9 Å². The molecule has 0 saturated heterocycles. The number of methoxy groups -OCH3 is 1. The normalized spacial score (nSPS) is 23.9. The van der Waals surface area contributed by atoms with Gasteiger partial charge >= 0.3 is 0 Å². The molecule has 26 heavy (non-hydrogen) atoms. The number of carbonyl (C=O) groups excluding carboxylic acids is 2. The fourth-order valence-electron chi connectivity index (χ4n) is 4.09. The van der Waals surface area contributed by atoms with Gasteiger partial charge in [0.15, 0.2) is 11.6 Å². The standard InChI is InChI=1S/C20H18O6/c1-20(25)7-9-3-4-10-15(14(9)12(22)8-20)19(24)16-11(21)5-6-13(26-2)17(16)18(10)23/h3-6,12,21-22,25H,7-8H2,1-2H3/t12-,20+/m1/s1. The maximum atomic E-state index is 13.2. The number of benzene rings is 2. The lowest BCUT2D eigenvalue weighted by atomic mass is 9.72. The maximum absolute atomic E-state index is 13.2. The van der Waals surface area contributed by atoms with Gasteiger partial charge in [-0.1, -0.05) is 6.07 Å². The van der Waals surface area contributed by atoms with Crippen molar-refractivity contribution in [3.63, 3.8) is 0 Å². The first kappa shape index (κ1) is 16.8. The van der Waals surface area contributed by atoms with E-state index in [1.54, 1.807) is 13.0 Å². The molecular formula is C20H18O6. The fourth-order valence-corrected chi connectivity index (χ4v) is 4.09. The number of aromatic hydroxyl groups is 1. The molecule has 6 nitrogen and oxygen atoms in total. The first-order chi connectivity index (χ1) is 12.2. The Balaban J connectivity index is 2.01. The van der Waals surface area contributed by atoms with Gasteiger partial charge in [0.2, 0.25) is 0 Å². The van der Waals surface area contributed by atoms with Crippen molar-refractivity contribution in [1.29, 1.82) is 0 Å². The summed E-state index contributed by atoms with van der Waals surface area (Å²) in [5.74, 6) is -1.05. The molecule has 134 valence electrons. The number of rotatable bonds is 1. The molecule has 2 aliphatic carbocycles. The molecule has 2 aliphatic rings. The van der Waals surface area contributed by atoms with E-state index in [0.29, 0.717) is 11.1 Å². The first-order valence-corrected chi connectivity index (χ1v) is 8.30. The van der Waals surface area contributed by atoms with E-state index in [1.165, 1.54) is 25.3 Å². The minimum Gasteiger partial charge on any atom is -0.507 e. The second kappa shape index (κ2) is 5.40. The molecule has 0 aliphatic heterocycles. The largest absolute Gasteiger partial charge is 0.507 e. The summed E-state index contributed by atoms with van der Waals surface area (Å²) in [7, 11) is 1.39. The lowest BCUT2D eigenvalue weighted by Crippen LogP contribution is -2.36. The Kier molecular flexibility index (Phi) is 3.48. The molecule has 0 aromatic heterocycles. The number of hydrogen-bond donors (Lipinski definition) is 3. The molecule has 4 rings (SSSR count). The molecule has 2 aromatic carbocycles. The van der Waals surface area contributed by atoms with Crippen molar-refractivity contribution in [3.8, 4) is 11.5 Å². The van der Waals surface area contributed by atoms with Crippen LogP contribution in [0.1, 0.15) is 62.4 Å². The molecule has 0 amide bonds. The third-order valence-corrected chi connectivity index (χ3v) is 5.16. The van der Waals surface area contributed by atoms with Gasteiger partial charge in [-0.15, -0.1) is 0 Å². The number of aliphatic hydroxyl groups excluding tert-OH is 1. The van der Waals surface area contributed by atoms with E-state index in [1.807, 2.05) is 0 Å². The van der Waals surface area contributed by atoms with Gasteiger partial charge < -0.3 is 20.1 Å². The van der Waals surface area contributed by atoms with E-state index in [-0.39, 0.29) is 46.6 Å². The van der Waals surface area contributed by atoms with Gasteiger partial charge in [-0.3, -0.25) is 9.59 Å². The monoisotopic (exact) mass is 354 g/mol. The Hall–Kier alpha value is -2.70. The molecule has 2 aromatic rings. The van der Waals surface area contributed by atoms with E-state index >= 15 is 0 Å². The van der Waals surface area contributed by atoms with Crippen LogP contribution >= 0.6 is 0 Å². The van der Waals surface area contributed by atoms with Crippen molar-refractivity contribution in [2.45, 2.75) is 31.5 Å². The van der Waals surface area contributed by atoms with Crippen LogP contribution in [0.4, 0.5) is 0 Å². The second-order valence-electron chi connectivity index (χ2n) is 7.15. The van der Waals surface area contributed by atoms with Crippen LogP contribution in [0.3, 0.4) is 0 Å². The highest BCUT2D eigenvalue weighted by Gasteiger charge is 2.41. The summed E-state index contributed by atoms with van der Waals surface area (Å²) in [6, 6.07) is 5.95. The molecule has 2 atom stereocenters. The van der Waals surface area contributed by atoms with Crippen molar-refractivity contribution in [2.24, 2.45) is 0 Å². The lowest BCUT2D eigenvalue weighted by molar-refractivity contribution is -0.00777. The third-order valence-electron chi connectivity index (χ3n) is 5.16. The third kappa shape index (κ3) is 2.19. The van der Waals surface area contributed by atoms with Gasteiger partial charge in [0.1, 0.15) is 11.5 Å². The number of phenols is 1. The highest BCUT2D eigenvalue weighted by molar-refractivity contribution is 6.30. The van der Waals surface area contributed by atoms with Crippen LogP contribution < -0.4 is 4.74 Å². The summed E-state index contributed by atoms with van der Waals surface area (Å²) in [6.45, 7) is 1.62.